The molecule has 2 heterocycles. The molecule has 1 aromatic carbocycles. The number of aromatic nitrogens is 1. The molecule has 1 fully saturated rings. The Labute approximate surface area is 118 Å². The van der Waals surface area contributed by atoms with Crippen LogP contribution in [0.3, 0.4) is 0 Å². The van der Waals surface area contributed by atoms with Crippen LogP contribution in [0.5, 0.6) is 0 Å². The highest BCUT2D eigenvalue weighted by Gasteiger charge is 2.15. The molecule has 1 saturated heterocycles. The molecule has 1 aliphatic rings. The van der Waals surface area contributed by atoms with Crippen molar-refractivity contribution in [2.75, 3.05) is 13.1 Å². The normalized spacial score (nSPS) is 16.0. The average molecular weight is 272 g/mol. The van der Waals surface area contributed by atoms with Gasteiger partial charge in [0.25, 0.3) is 0 Å². The number of likely N-dealkylation sites (tertiary alicyclic amines) is 1. The summed E-state index contributed by atoms with van der Waals surface area (Å²) in [6.45, 7) is 3.86. The number of benzene rings is 1. The molecule has 106 valence electrons. The number of rotatable bonds is 5. The fourth-order valence-corrected chi connectivity index (χ4v) is 3.03. The van der Waals surface area contributed by atoms with Crippen LogP contribution in [0.4, 0.5) is 0 Å². The van der Waals surface area contributed by atoms with Crippen molar-refractivity contribution < 1.29 is 9.90 Å². The standard InChI is InChI=1S/C16H20N2O2/c19-16(20)7-10-18-12-13(11-17-8-3-4-9-17)14-5-1-2-6-15(14)18/h1-2,5-6,12H,3-4,7-11H2,(H,19,20). The summed E-state index contributed by atoms with van der Waals surface area (Å²) in [6.07, 6.45) is 4.88. The Morgan fingerprint density at radius 1 is 1.20 bits per heavy atom. The van der Waals surface area contributed by atoms with Gasteiger partial charge >= 0.3 is 5.97 Å². The van der Waals surface area contributed by atoms with E-state index in [2.05, 4.69) is 33.9 Å². The van der Waals surface area contributed by atoms with Crippen LogP contribution in [0.2, 0.25) is 0 Å². The molecule has 1 aromatic heterocycles. The van der Waals surface area contributed by atoms with Crippen LogP contribution in [0.1, 0.15) is 24.8 Å². The van der Waals surface area contributed by atoms with Crippen LogP contribution >= 0.6 is 0 Å². The third-order valence-electron chi connectivity index (χ3n) is 4.03. The molecule has 0 aliphatic carbocycles. The van der Waals surface area contributed by atoms with Gasteiger partial charge in [0.2, 0.25) is 0 Å². The number of carbonyl (C=O) groups is 1. The summed E-state index contributed by atoms with van der Waals surface area (Å²) in [4.78, 5) is 13.2. The quantitative estimate of drug-likeness (QED) is 0.910. The second-order valence-corrected chi connectivity index (χ2v) is 5.49. The van der Waals surface area contributed by atoms with Crippen molar-refractivity contribution in [3.05, 3.63) is 36.0 Å². The van der Waals surface area contributed by atoms with Gasteiger partial charge in [-0.3, -0.25) is 9.69 Å². The van der Waals surface area contributed by atoms with Crippen molar-refractivity contribution in [2.45, 2.75) is 32.4 Å². The van der Waals surface area contributed by atoms with Crippen LogP contribution in [0.15, 0.2) is 30.5 Å². The fraction of sp³-hybridized carbons (Fsp3) is 0.438. The Bertz CT molecular complexity index is 612. The monoisotopic (exact) mass is 272 g/mol. The van der Waals surface area contributed by atoms with Crippen molar-refractivity contribution in [3.63, 3.8) is 0 Å². The van der Waals surface area contributed by atoms with Crippen LogP contribution in [0, 0.1) is 0 Å². The van der Waals surface area contributed by atoms with Crippen LogP contribution < -0.4 is 0 Å². The van der Waals surface area contributed by atoms with Crippen LogP contribution in [-0.4, -0.2) is 33.6 Å². The van der Waals surface area contributed by atoms with E-state index in [4.69, 9.17) is 5.11 Å². The second-order valence-electron chi connectivity index (χ2n) is 5.49. The summed E-state index contributed by atoms with van der Waals surface area (Å²) in [5.74, 6) is -0.746. The van der Waals surface area contributed by atoms with Crippen molar-refractivity contribution in [3.8, 4) is 0 Å². The Balaban J connectivity index is 1.88. The van der Waals surface area contributed by atoms with Gasteiger partial charge in [-0.05, 0) is 37.6 Å². The summed E-state index contributed by atoms with van der Waals surface area (Å²) >= 11 is 0. The van der Waals surface area contributed by atoms with Gasteiger partial charge < -0.3 is 9.67 Å². The first-order chi connectivity index (χ1) is 9.74. The zero-order chi connectivity index (χ0) is 13.9. The SMILES string of the molecule is O=C(O)CCn1cc(CN2CCCC2)c2ccccc21. The first-order valence-electron chi connectivity index (χ1n) is 7.25. The molecular formula is C16H20N2O2. The lowest BCUT2D eigenvalue weighted by atomic mass is 10.1. The molecule has 0 saturated carbocycles. The van der Waals surface area contributed by atoms with E-state index in [1.165, 1.54) is 36.9 Å². The van der Waals surface area contributed by atoms with Gasteiger partial charge in [0.05, 0.1) is 6.42 Å². The molecule has 0 atom stereocenters. The average Bonchev–Trinajstić information content (AvgIpc) is 3.06. The predicted molar refractivity (Wildman–Crippen MR) is 78.7 cm³/mol. The zero-order valence-electron chi connectivity index (χ0n) is 11.6. The van der Waals surface area contributed by atoms with Gasteiger partial charge in [0, 0.05) is 30.2 Å². The minimum absolute atomic E-state index is 0.168. The van der Waals surface area contributed by atoms with E-state index >= 15 is 0 Å². The number of carboxylic acid groups (broad SMARTS) is 1. The lowest BCUT2D eigenvalue weighted by Crippen LogP contribution is -2.18. The summed E-state index contributed by atoms with van der Waals surface area (Å²) in [5, 5.41) is 10.1. The third kappa shape index (κ3) is 2.70. The summed E-state index contributed by atoms with van der Waals surface area (Å²) in [5.41, 5.74) is 2.45. The minimum Gasteiger partial charge on any atom is -0.481 e. The molecule has 0 spiro atoms. The largest absolute Gasteiger partial charge is 0.481 e. The lowest BCUT2D eigenvalue weighted by molar-refractivity contribution is -0.137. The van der Waals surface area contributed by atoms with Crippen LogP contribution in [0.25, 0.3) is 10.9 Å². The zero-order valence-corrected chi connectivity index (χ0v) is 11.6. The Hall–Kier alpha value is -1.81. The van der Waals surface area contributed by atoms with E-state index < -0.39 is 5.97 Å². The third-order valence-corrected chi connectivity index (χ3v) is 4.03. The molecule has 1 aliphatic heterocycles. The number of hydrogen-bond donors (Lipinski definition) is 1. The molecule has 20 heavy (non-hydrogen) atoms. The number of carboxylic acids is 1. The summed E-state index contributed by atoms with van der Waals surface area (Å²) < 4.78 is 2.08. The van der Waals surface area contributed by atoms with Crippen molar-refractivity contribution in [2.24, 2.45) is 0 Å². The molecule has 0 bridgehead atoms. The summed E-state index contributed by atoms with van der Waals surface area (Å²) in [6, 6.07) is 8.28. The lowest BCUT2D eigenvalue weighted by Gasteiger charge is -2.13. The number of aliphatic carboxylic acids is 1. The van der Waals surface area contributed by atoms with Crippen LogP contribution in [-0.2, 0) is 17.9 Å². The van der Waals surface area contributed by atoms with E-state index in [1.807, 2.05) is 6.07 Å². The highest BCUT2D eigenvalue weighted by atomic mass is 16.4. The van der Waals surface area contributed by atoms with Gasteiger partial charge in [-0.2, -0.15) is 0 Å². The van der Waals surface area contributed by atoms with Gasteiger partial charge in [-0.25, -0.2) is 0 Å². The number of nitrogens with zero attached hydrogens (tertiary/aromatic N) is 2. The topological polar surface area (TPSA) is 45.5 Å². The van der Waals surface area contributed by atoms with Gasteiger partial charge in [-0.1, -0.05) is 18.2 Å². The number of fused-ring (bicyclic) bond motifs is 1. The van der Waals surface area contributed by atoms with E-state index in [0.29, 0.717) is 6.54 Å². The first-order valence-corrected chi connectivity index (χ1v) is 7.25. The maximum absolute atomic E-state index is 10.8. The number of aryl methyl sites for hydroxylation is 1. The van der Waals surface area contributed by atoms with Crippen molar-refractivity contribution in [1.29, 1.82) is 0 Å². The smallest absolute Gasteiger partial charge is 0.305 e. The van der Waals surface area contributed by atoms with Gasteiger partial charge in [0.15, 0.2) is 0 Å². The minimum atomic E-state index is -0.746. The Kier molecular flexibility index (Phi) is 3.74. The molecule has 0 unspecified atom stereocenters. The van der Waals surface area contributed by atoms with E-state index in [-0.39, 0.29) is 6.42 Å². The summed E-state index contributed by atoms with van der Waals surface area (Å²) in [7, 11) is 0. The number of para-hydroxylation sites is 1. The molecule has 4 nitrogen and oxygen atoms in total. The molecule has 4 heteroatoms. The Morgan fingerprint density at radius 2 is 1.95 bits per heavy atom. The maximum atomic E-state index is 10.8. The highest BCUT2D eigenvalue weighted by molar-refractivity contribution is 5.84. The first kappa shape index (κ1) is 13.2. The van der Waals surface area contributed by atoms with E-state index in [0.717, 1.165) is 12.1 Å². The highest BCUT2D eigenvalue weighted by Crippen LogP contribution is 2.24. The van der Waals surface area contributed by atoms with Crippen molar-refractivity contribution >= 4 is 16.9 Å². The molecule has 1 N–H and O–H groups in total. The number of hydrogen-bond acceptors (Lipinski definition) is 2. The van der Waals surface area contributed by atoms with Crippen molar-refractivity contribution in [1.82, 2.24) is 9.47 Å². The van der Waals surface area contributed by atoms with E-state index in [9.17, 15) is 4.79 Å². The molecule has 3 rings (SSSR count). The van der Waals surface area contributed by atoms with E-state index in [1.54, 1.807) is 0 Å². The fourth-order valence-electron chi connectivity index (χ4n) is 3.03. The molecular weight excluding hydrogens is 252 g/mol. The molecule has 0 radical (unpaired) electrons. The molecule has 2 aromatic rings. The van der Waals surface area contributed by atoms with Gasteiger partial charge in [-0.15, -0.1) is 0 Å². The predicted octanol–water partition coefficient (Wildman–Crippen LogP) is 2.71. The molecule has 0 amide bonds. The second kappa shape index (κ2) is 5.67. The van der Waals surface area contributed by atoms with Gasteiger partial charge in [0.1, 0.15) is 0 Å². The Morgan fingerprint density at radius 3 is 2.70 bits per heavy atom. The maximum Gasteiger partial charge on any atom is 0.305 e.